The van der Waals surface area contributed by atoms with Crippen molar-refractivity contribution in [1.29, 1.82) is 0 Å². The van der Waals surface area contributed by atoms with Gasteiger partial charge in [0.05, 0.1) is 5.41 Å². The Labute approximate surface area is 172 Å². The minimum atomic E-state index is -0.728. The number of carbonyl (C=O) groups is 3. The Morgan fingerprint density at radius 1 is 1.17 bits per heavy atom. The van der Waals surface area contributed by atoms with Crippen molar-refractivity contribution in [3.8, 4) is 0 Å². The van der Waals surface area contributed by atoms with E-state index in [1.54, 1.807) is 36.4 Å². The number of rotatable bonds is 4. The minimum Gasteiger partial charge on any atom is -0.451 e. The van der Waals surface area contributed by atoms with Crippen molar-refractivity contribution in [1.82, 2.24) is 5.32 Å². The second-order valence-corrected chi connectivity index (χ2v) is 7.57. The summed E-state index contributed by atoms with van der Waals surface area (Å²) in [5.41, 5.74) is 1.25. The van der Waals surface area contributed by atoms with E-state index in [1.165, 1.54) is 0 Å². The van der Waals surface area contributed by atoms with E-state index in [0.29, 0.717) is 35.6 Å². The minimum absolute atomic E-state index is 0.182. The summed E-state index contributed by atoms with van der Waals surface area (Å²) in [6.45, 7) is 1.93. The van der Waals surface area contributed by atoms with E-state index in [1.807, 2.05) is 19.1 Å². The molecular formula is C22H19ClN2O4. The molecule has 2 aromatic carbocycles. The molecule has 1 aromatic heterocycles. The van der Waals surface area contributed by atoms with E-state index in [2.05, 4.69) is 10.6 Å². The number of piperidine rings is 1. The summed E-state index contributed by atoms with van der Waals surface area (Å²) < 4.78 is 5.58. The van der Waals surface area contributed by atoms with E-state index < -0.39 is 5.41 Å². The van der Waals surface area contributed by atoms with Gasteiger partial charge in [0.1, 0.15) is 5.58 Å². The zero-order valence-corrected chi connectivity index (χ0v) is 16.5. The molecule has 0 radical (unpaired) electrons. The second-order valence-electron chi connectivity index (χ2n) is 7.14. The van der Waals surface area contributed by atoms with Gasteiger partial charge in [0, 0.05) is 22.5 Å². The van der Waals surface area contributed by atoms with Crippen molar-refractivity contribution in [2.45, 2.75) is 31.6 Å². The van der Waals surface area contributed by atoms with Crippen LogP contribution in [0.15, 0.2) is 52.9 Å². The van der Waals surface area contributed by atoms with E-state index in [9.17, 15) is 14.4 Å². The van der Waals surface area contributed by atoms with E-state index in [-0.39, 0.29) is 23.5 Å². The fourth-order valence-corrected chi connectivity index (χ4v) is 3.94. The van der Waals surface area contributed by atoms with Crippen LogP contribution in [0.25, 0.3) is 11.0 Å². The fraction of sp³-hybridized carbons (Fsp3) is 0.227. The number of hydrogen-bond acceptors (Lipinski definition) is 4. The van der Waals surface area contributed by atoms with Crippen molar-refractivity contribution >= 4 is 46.0 Å². The van der Waals surface area contributed by atoms with Gasteiger partial charge in [-0.1, -0.05) is 30.7 Å². The molecule has 0 bridgehead atoms. The van der Waals surface area contributed by atoms with Gasteiger partial charge in [0.2, 0.25) is 11.8 Å². The lowest BCUT2D eigenvalue weighted by Crippen LogP contribution is -2.51. The first-order valence-electron chi connectivity index (χ1n) is 9.36. The van der Waals surface area contributed by atoms with Gasteiger partial charge in [0.15, 0.2) is 5.76 Å². The summed E-state index contributed by atoms with van der Waals surface area (Å²) in [7, 11) is 0. The predicted octanol–water partition coefficient (Wildman–Crippen LogP) is 4.42. The molecule has 0 spiro atoms. The second kappa shape index (κ2) is 7.37. The first kappa shape index (κ1) is 19.2. The molecule has 1 aliphatic rings. The number of nitrogens with one attached hydrogen (secondary N) is 2. The predicted molar refractivity (Wildman–Crippen MR) is 110 cm³/mol. The number of carbonyl (C=O) groups excluding carboxylic acids is 3. The van der Waals surface area contributed by atoms with Gasteiger partial charge < -0.3 is 9.73 Å². The summed E-state index contributed by atoms with van der Waals surface area (Å²) >= 11 is 5.97. The van der Waals surface area contributed by atoms with Crippen molar-refractivity contribution in [3.05, 3.63) is 64.9 Å². The van der Waals surface area contributed by atoms with Crippen LogP contribution in [0.4, 0.5) is 5.69 Å². The molecule has 29 heavy (non-hydrogen) atoms. The standard InChI is InChI=1S/C22H19ClN2O4/c1-2-22(10-9-19(26)25-21(22)28)14-3-6-16(7-4-14)24-20(27)18-12-13-11-15(23)5-8-17(13)29-18/h3-8,11-12H,2,9-10H2,1H3,(H,24,27)(H,25,26,28)/t22-/m0/s1. The summed E-state index contributed by atoms with van der Waals surface area (Å²) in [4.78, 5) is 36.5. The molecule has 7 heteroatoms. The van der Waals surface area contributed by atoms with Crippen molar-refractivity contribution in [2.75, 3.05) is 5.32 Å². The Morgan fingerprint density at radius 2 is 1.93 bits per heavy atom. The number of halogens is 1. The molecule has 0 unspecified atom stereocenters. The number of anilines is 1. The molecule has 2 N–H and O–H groups in total. The summed E-state index contributed by atoms with van der Waals surface area (Å²) in [6, 6.07) is 13.9. The largest absolute Gasteiger partial charge is 0.451 e. The molecule has 1 saturated heterocycles. The lowest BCUT2D eigenvalue weighted by molar-refractivity contribution is -0.138. The van der Waals surface area contributed by atoms with Gasteiger partial charge in [-0.15, -0.1) is 0 Å². The van der Waals surface area contributed by atoms with Gasteiger partial charge in [-0.3, -0.25) is 19.7 Å². The smallest absolute Gasteiger partial charge is 0.291 e. The number of imide groups is 1. The van der Waals surface area contributed by atoms with Gasteiger partial charge >= 0.3 is 0 Å². The number of benzene rings is 2. The van der Waals surface area contributed by atoms with E-state index in [0.717, 1.165) is 10.9 Å². The normalized spacial score (nSPS) is 19.2. The molecule has 1 atom stereocenters. The average Bonchev–Trinajstić information content (AvgIpc) is 3.13. The Hall–Kier alpha value is -3.12. The fourth-order valence-electron chi connectivity index (χ4n) is 3.76. The molecule has 2 heterocycles. The number of furan rings is 1. The molecule has 4 rings (SSSR count). The molecular weight excluding hydrogens is 392 g/mol. The third-order valence-electron chi connectivity index (χ3n) is 5.47. The monoisotopic (exact) mass is 410 g/mol. The van der Waals surface area contributed by atoms with E-state index in [4.69, 9.17) is 16.0 Å². The molecule has 1 aliphatic heterocycles. The molecule has 148 valence electrons. The Balaban J connectivity index is 1.53. The van der Waals surface area contributed by atoms with Gasteiger partial charge in [-0.2, -0.15) is 0 Å². The molecule has 0 saturated carbocycles. The Bertz CT molecular complexity index is 1120. The molecule has 3 amide bonds. The molecule has 3 aromatic rings. The quantitative estimate of drug-likeness (QED) is 0.623. The van der Waals surface area contributed by atoms with Crippen LogP contribution in [0.5, 0.6) is 0 Å². The summed E-state index contributed by atoms with van der Waals surface area (Å²) in [5.74, 6) is -0.707. The number of amides is 3. The third kappa shape index (κ3) is 3.51. The van der Waals surface area contributed by atoms with Crippen molar-refractivity contribution in [2.24, 2.45) is 0 Å². The van der Waals surface area contributed by atoms with Gasteiger partial charge in [-0.25, -0.2) is 0 Å². The molecule has 0 aliphatic carbocycles. The molecule has 6 nitrogen and oxygen atoms in total. The summed E-state index contributed by atoms with van der Waals surface area (Å²) in [6.07, 6.45) is 1.37. The third-order valence-corrected chi connectivity index (χ3v) is 5.70. The maximum atomic E-state index is 12.5. The van der Waals surface area contributed by atoms with Crippen LogP contribution in [-0.2, 0) is 15.0 Å². The maximum absolute atomic E-state index is 12.5. The Kier molecular flexibility index (Phi) is 4.88. The Morgan fingerprint density at radius 3 is 2.62 bits per heavy atom. The highest BCUT2D eigenvalue weighted by molar-refractivity contribution is 6.31. The van der Waals surface area contributed by atoms with Crippen LogP contribution >= 0.6 is 11.6 Å². The topological polar surface area (TPSA) is 88.4 Å². The SMILES string of the molecule is CC[C@@]1(c2ccc(NC(=O)c3cc4cc(Cl)ccc4o3)cc2)CCC(=O)NC1=O. The number of hydrogen-bond donors (Lipinski definition) is 2. The maximum Gasteiger partial charge on any atom is 0.291 e. The highest BCUT2D eigenvalue weighted by Crippen LogP contribution is 2.36. The highest BCUT2D eigenvalue weighted by Gasteiger charge is 2.42. The zero-order valence-electron chi connectivity index (χ0n) is 15.8. The first-order valence-corrected chi connectivity index (χ1v) is 9.74. The van der Waals surface area contributed by atoms with Crippen LogP contribution in [0.1, 0.15) is 42.3 Å². The van der Waals surface area contributed by atoms with Crippen LogP contribution in [0.3, 0.4) is 0 Å². The van der Waals surface area contributed by atoms with E-state index >= 15 is 0 Å². The average molecular weight is 411 g/mol. The van der Waals surface area contributed by atoms with Crippen LogP contribution < -0.4 is 10.6 Å². The zero-order chi connectivity index (χ0) is 20.6. The van der Waals surface area contributed by atoms with Crippen LogP contribution in [-0.4, -0.2) is 17.7 Å². The summed E-state index contributed by atoms with van der Waals surface area (Å²) in [5, 5.41) is 6.55. The first-order chi connectivity index (χ1) is 13.9. The lowest BCUT2D eigenvalue weighted by Gasteiger charge is -2.35. The van der Waals surface area contributed by atoms with Crippen LogP contribution in [0.2, 0.25) is 5.02 Å². The van der Waals surface area contributed by atoms with Crippen molar-refractivity contribution in [3.63, 3.8) is 0 Å². The van der Waals surface area contributed by atoms with Crippen molar-refractivity contribution < 1.29 is 18.8 Å². The van der Waals surface area contributed by atoms with Gasteiger partial charge in [-0.05, 0) is 54.8 Å². The lowest BCUT2D eigenvalue weighted by atomic mass is 9.72. The molecule has 1 fully saturated rings. The van der Waals surface area contributed by atoms with Crippen LogP contribution in [0, 0.1) is 0 Å². The number of fused-ring (bicyclic) bond motifs is 1. The highest BCUT2D eigenvalue weighted by atomic mass is 35.5. The van der Waals surface area contributed by atoms with Gasteiger partial charge in [0.25, 0.3) is 5.91 Å².